The van der Waals surface area contributed by atoms with E-state index in [0.29, 0.717) is 11.7 Å². The molecule has 1 fully saturated rings. The van der Waals surface area contributed by atoms with Gasteiger partial charge in [-0.05, 0) is 37.6 Å². The van der Waals surface area contributed by atoms with E-state index in [1.54, 1.807) is 6.92 Å². The van der Waals surface area contributed by atoms with E-state index in [0.717, 1.165) is 25.1 Å². The molecule has 0 aliphatic carbocycles. The number of nitrogens with zero attached hydrogens (tertiary/aromatic N) is 4. The highest BCUT2D eigenvalue weighted by Crippen LogP contribution is 2.15. The lowest BCUT2D eigenvalue weighted by atomic mass is 9.95. The van der Waals surface area contributed by atoms with Crippen molar-refractivity contribution in [1.29, 1.82) is 0 Å². The zero-order valence-electron chi connectivity index (χ0n) is 13.8. The van der Waals surface area contributed by atoms with Gasteiger partial charge in [-0.1, -0.05) is 37.3 Å². The van der Waals surface area contributed by atoms with Gasteiger partial charge < -0.3 is 10.6 Å². The minimum atomic E-state index is -0.484. The maximum absolute atomic E-state index is 12.4. The first-order valence-electron chi connectivity index (χ1n) is 8.01. The molecule has 130 valence electrons. The Balaban J connectivity index is 0.00000208. The molecule has 3 unspecified atom stereocenters. The van der Waals surface area contributed by atoms with Crippen LogP contribution in [-0.4, -0.2) is 45.2 Å². The monoisotopic (exact) mass is 350 g/mol. The first-order chi connectivity index (χ1) is 11.1. The second-order valence-electron chi connectivity index (χ2n) is 6.06. The van der Waals surface area contributed by atoms with Gasteiger partial charge in [-0.25, -0.2) is 0 Å². The second-order valence-corrected chi connectivity index (χ2v) is 6.06. The highest BCUT2D eigenvalue weighted by molar-refractivity contribution is 5.85. The number of amides is 1. The van der Waals surface area contributed by atoms with Crippen LogP contribution in [0.1, 0.15) is 26.3 Å². The van der Waals surface area contributed by atoms with Crippen molar-refractivity contribution in [3.63, 3.8) is 0 Å². The summed E-state index contributed by atoms with van der Waals surface area (Å²) in [4.78, 5) is 13.8. The number of hydrogen-bond acceptors (Lipinski definition) is 5. The van der Waals surface area contributed by atoms with Crippen molar-refractivity contribution < 1.29 is 4.79 Å². The molecule has 1 aromatic carbocycles. The number of nitrogens with one attached hydrogen (secondary N) is 2. The molecule has 1 aliphatic rings. The summed E-state index contributed by atoms with van der Waals surface area (Å²) in [5, 5.41) is 18.8. The van der Waals surface area contributed by atoms with Gasteiger partial charge in [-0.3, -0.25) is 4.79 Å². The summed E-state index contributed by atoms with van der Waals surface area (Å²) in [6.07, 6.45) is 0.944. The molecule has 2 heterocycles. The molecule has 8 heteroatoms. The van der Waals surface area contributed by atoms with Crippen LogP contribution in [0.3, 0.4) is 0 Å². The second kappa shape index (κ2) is 8.21. The summed E-state index contributed by atoms with van der Waals surface area (Å²) >= 11 is 0. The zero-order valence-corrected chi connectivity index (χ0v) is 14.7. The lowest BCUT2D eigenvalue weighted by Gasteiger charge is -2.30. The van der Waals surface area contributed by atoms with Crippen LogP contribution in [0.2, 0.25) is 0 Å². The molecule has 3 rings (SSSR count). The largest absolute Gasteiger partial charge is 0.351 e. The summed E-state index contributed by atoms with van der Waals surface area (Å²) in [6.45, 7) is 5.79. The number of rotatable bonds is 4. The SMILES string of the molecule is CC1CNCCC1NC(=O)C(C)n1nnc(-c2ccccc2)n1.Cl. The highest BCUT2D eigenvalue weighted by atomic mass is 35.5. The number of aromatic nitrogens is 4. The first-order valence-corrected chi connectivity index (χ1v) is 8.01. The Morgan fingerprint density at radius 1 is 1.38 bits per heavy atom. The van der Waals surface area contributed by atoms with E-state index < -0.39 is 6.04 Å². The van der Waals surface area contributed by atoms with E-state index in [-0.39, 0.29) is 24.4 Å². The summed E-state index contributed by atoms with van der Waals surface area (Å²) in [5.41, 5.74) is 0.887. The number of carbonyl (C=O) groups excluding carboxylic acids is 1. The first kappa shape index (κ1) is 18.4. The van der Waals surface area contributed by atoms with Crippen LogP contribution >= 0.6 is 12.4 Å². The molecule has 2 aromatic rings. The quantitative estimate of drug-likeness (QED) is 0.871. The Morgan fingerprint density at radius 3 is 2.83 bits per heavy atom. The number of benzene rings is 1. The number of hydrogen-bond donors (Lipinski definition) is 2. The Kier molecular flexibility index (Phi) is 6.28. The molecule has 3 atom stereocenters. The fourth-order valence-corrected chi connectivity index (χ4v) is 2.73. The molecule has 7 nitrogen and oxygen atoms in total. The van der Waals surface area contributed by atoms with Gasteiger partial charge in [0, 0.05) is 11.6 Å². The average molecular weight is 351 g/mol. The normalized spacial score (nSPS) is 21.6. The maximum atomic E-state index is 12.4. The Labute approximate surface area is 147 Å². The van der Waals surface area contributed by atoms with Crippen molar-refractivity contribution in [3.8, 4) is 11.4 Å². The van der Waals surface area contributed by atoms with Gasteiger partial charge in [-0.15, -0.1) is 22.6 Å². The fraction of sp³-hybridized carbons (Fsp3) is 0.500. The molecular formula is C16H23ClN6O. The van der Waals surface area contributed by atoms with Crippen LogP contribution in [0.5, 0.6) is 0 Å². The third kappa shape index (κ3) is 4.10. The molecule has 2 N–H and O–H groups in total. The van der Waals surface area contributed by atoms with E-state index in [4.69, 9.17) is 0 Å². The third-order valence-electron chi connectivity index (χ3n) is 4.30. The van der Waals surface area contributed by atoms with E-state index in [1.165, 1.54) is 4.80 Å². The molecule has 1 saturated heterocycles. The van der Waals surface area contributed by atoms with Crippen molar-refractivity contribution in [2.75, 3.05) is 13.1 Å². The van der Waals surface area contributed by atoms with Crippen molar-refractivity contribution in [2.45, 2.75) is 32.4 Å². The van der Waals surface area contributed by atoms with Crippen molar-refractivity contribution in [3.05, 3.63) is 30.3 Å². The predicted octanol–water partition coefficient (Wildman–Crippen LogP) is 1.44. The summed E-state index contributed by atoms with van der Waals surface area (Å²) in [6, 6.07) is 9.33. The van der Waals surface area contributed by atoms with Crippen LogP contribution < -0.4 is 10.6 Å². The average Bonchev–Trinajstić information content (AvgIpc) is 3.07. The molecule has 1 aromatic heterocycles. The van der Waals surface area contributed by atoms with Gasteiger partial charge in [0.05, 0.1) is 0 Å². The van der Waals surface area contributed by atoms with E-state index in [9.17, 15) is 4.79 Å². The van der Waals surface area contributed by atoms with Crippen LogP contribution in [-0.2, 0) is 4.79 Å². The topological polar surface area (TPSA) is 84.7 Å². The molecule has 1 aliphatic heterocycles. The molecular weight excluding hydrogens is 328 g/mol. The Morgan fingerprint density at radius 2 is 2.12 bits per heavy atom. The van der Waals surface area contributed by atoms with Gasteiger partial charge in [0.25, 0.3) is 0 Å². The minimum absolute atomic E-state index is 0. The van der Waals surface area contributed by atoms with Gasteiger partial charge in [-0.2, -0.15) is 4.80 Å². The summed E-state index contributed by atoms with van der Waals surface area (Å²) in [5.74, 6) is 0.879. The molecule has 0 bridgehead atoms. The van der Waals surface area contributed by atoms with Crippen LogP contribution in [0.4, 0.5) is 0 Å². The molecule has 0 radical (unpaired) electrons. The standard InChI is InChI=1S/C16H22N6O.ClH/c1-11-10-17-9-8-14(11)18-16(23)12(2)22-20-15(19-21-22)13-6-4-3-5-7-13;/h3-7,11-12,14,17H,8-10H2,1-2H3,(H,18,23);1H. The van der Waals surface area contributed by atoms with Gasteiger partial charge >= 0.3 is 0 Å². The lowest BCUT2D eigenvalue weighted by molar-refractivity contribution is -0.125. The number of piperidine rings is 1. The summed E-state index contributed by atoms with van der Waals surface area (Å²) < 4.78 is 0. The zero-order chi connectivity index (χ0) is 16.2. The number of halogens is 1. The number of tetrazole rings is 1. The predicted molar refractivity (Wildman–Crippen MR) is 93.8 cm³/mol. The van der Waals surface area contributed by atoms with Crippen LogP contribution in [0.25, 0.3) is 11.4 Å². The lowest BCUT2D eigenvalue weighted by Crippen LogP contribution is -2.49. The van der Waals surface area contributed by atoms with Crippen molar-refractivity contribution >= 4 is 18.3 Å². The maximum Gasteiger partial charge on any atom is 0.246 e. The van der Waals surface area contributed by atoms with E-state index >= 15 is 0 Å². The van der Waals surface area contributed by atoms with E-state index in [1.807, 2.05) is 30.3 Å². The molecule has 24 heavy (non-hydrogen) atoms. The smallest absolute Gasteiger partial charge is 0.246 e. The molecule has 0 spiro atoms. The highest BCUT2D eigenvalue weighted by Gasteiger charge is 2.26. The molecule has 0 saturated carbocycles. The van der Waals surface area contributed by atoms with E-state index in [2.05, 4.69) is 33.0 Å². The van der Waals surface area contributed by atoms with Crippen molar-refractivity contribution in [2.24, 2.45) is 5.92 Å². The Bertz CT molecular complexity index is 662. The summed E-state index contributed by atoms with van der Waals surface area (Å²) in [7, 11) is 0. The van der Waals surface area contributed by atoms with Crippen LogP contribution in [0, 0.1) is 5.92 Å². The Hall–Kier alpha value is -1.99. The fourth-order valence-electron chi connectivity index (χ4n) is 2.73. The number of carbonyl (C=O) groups is 1. The third-order valence-corrected chi connectivity index (χ3v) is 4.30. The molecule has 1 amide bonds. The van der Waals surface area contributed by atoms with Crippen LogP contribution in [0.15, 0.2) is 30.3 Å². The van der Waals surface area contributed by atoms with Gasteiger partial charge in [0.2, 0.25) is 11.7 Å². The van der Waals surface area contributed by atoms with Gasteiger partial charge in [0.15, 0.2) is 0 Å². The van der Waals surface area contributed by atoms with Gasteiger partial charge in [0.1, 0.15) is 6.04 Å². The minimum Gasteiger partial charge on any atom is -0.351 e. The van der Waals surface area contributed by atoms with Crippen molar-refractivity contribution in [1.82, 2.24) is 30.8 Å².